The van der Waals surface area contributed by atoms with Crippen LogP contribution in [0, 0.1) is 6.92 Å². The fourth-order valence-electron chi connectivity index (χ4n) is 0.865. The van der Waals surface area contributed by atoms with Crippen molar-refractivity contribution in [2.75, 3.05) is 0 Å². The number of nitrogens with zero attached hydrogens (tertiary/aromatic N) is 1. The van der Waals surface area contributed by atoms with Crippen LogP contribution in [0.1, 0.15) is 30.2 Å². The van der Waals surface area contributed by atoms with Crippen LogP contribution in [0.15, 0.2) is 4.42 Å². The summed E-state index contributed by atoms with van der Waals surface area (Å²) < 4.78 is 17.1. The molecule has 13 heavy (non-hydrogen) atoms. The van der Waals surface area contributed by atoms with Crippen molar-refractivity contribution in [3.05, 3.63) is 17.3 Å². The molecular weight excluding hydrogens is 177 g/mol. The molecule has 0 bridgehead atoms. The number of alkyl halides is 1. The number of carboxylic acids is 1. The van der Waals surface area contributed by atoms with E-state index in [9.17, 15) is 9.18 Å². The zero-order valence-corrected chi connectivity index (χ0v) is 7.37. The van der Waals surface area contributed by atoms with Crippen LogP contribution in [0.3, 0.4) is 0 Å². The number of halogens is 1. The molecule has 1 aromatic rings. The van der Waals surface area contributed by atoms with Gasteiger partial charge in [0.15, 0.2) is 5.76 Å². The first-order chi connectivity index (χ1) is 6.06. The Kier molecular flexibility index (Phi) is 2.65. The fourth-order valence-corrected chi connectivity index (χ4v) is 0.865. The van der Waals surface area contributed by atoms with Gasteiger partial charge in [0, 0.05) is 0 Å². The maximum Gasteiger partial charge on any atom is 0.315 e. The van der Waals surface area contributed by atoms with Crippen LogP contribution in [0.2, 0.25) is 0 Å². The number of rotatable bonds is 3. The Morgan fingerprint density at radius 2 is 2.38 bits per heavy atom. The number of carbonyl (C=O) groups is 1. The van der Waals surface area contributed by atoms with Gasteiger partial charge in [0.25, 0.3) is 0 Å². The Hall–Kier alpha value is -1.39. The lowest BCUT2D eigenvalue weighted by Crippen LogP contribution is -2.07. The molecule has 0 amide bonds. The molecule has 1 rings (SSSR count). The molecule has 0 radical (unpaired) electrons. The Morgan fingerprint density at radius 3 is 2.77 bits per heavy atom. The molecule has 0 aliphatic rings. The van der Waals surface area contributed by atoms with E-state index >= 15 is 0 Å². The summed E-state index contributed by atoms with van der Waals surface area (Å²) in [6.45, 7) is 2.26. The predicted octanol–water partition coefficient (Wildman–Crippen LogP) is 1.64. The van der Waals surface area contributed by atoms with Gasteiger partial charge in [0.2, 0.25) is 5.89 Å². The minimum atomic E-state index is -1.04. The van der Waals surface area contributed by atoms with E-state index in [2.05, 4.69) is 4.98 Å². The minimum absolute atomic E-state index is 0.0534. The first-order valence-electron chi connectivity index (χ1n) is 3.81. The van der Waals surface area contributed by atoms with E-state index in [-0.39, 0.29) is 11.7 Å². The second-order valence-electron chi connectivity index (χ2n) is 2.75. The van der Waals surface area contributed by atoms with Gasteiger partial charge < -0.3 is 9.52 Å². The predicted molar refractivity (Wildman–Crippen MR) is 42.1 cm³/mol. The summed E-state index contributed by atoms with van der Waals surface area (Å²) in [4.78, 5) is 14.3. The molecule has 1 unspecified atom stereocenters. The van der Waals surface area contributed by atoms with Crippen LogP contribution < -0.4 is 0 Å². The molecule has 1 aromatic heterocycles. The van der Waals surface area contributed by atoms with Crippen LogP contribution >= 0.6 is 0 Å². The molecule has 4 nitrogen and oxygen atoms in total. The average molecular weight is 187 g/mol. The molecule has 5 heteroatoms. The molecule has 1 N–H and O–H groups in total. The van der Waals surface area contributed by atoms with Crippen molar-refractivity contribution < 1.29 is 18.7 Å². The molecule has 0 spiro atoms. The molecule has 1 atom stereocenters. The number of carboxylic acid groups (broad SMARTS) is 1. The standard InChI is InChI=1S/C8H10FNO3/c1-4(8(11)12)7-10-5(2)6(3-9)13-7/h4H,3H2,1-2H3,(H,11,12). The fraction of sp³-hybridized carbons (Fsp3) is 0.500. The Balaban J connectivity index is 2.96. The lowest BCUT2D eigenvalue weighted by Gasteiger charge is -1.98. The van der Waals surface area contributed by atoms with E-state index in [1.165, 1.54) is 6.92 Å². The molecule has 0 aliphatic carbocycles. The molecule has 0 fully saturated rings. The van der Waals surface area contributed by atoms with Crippen LogP contribution in [0.25, 0.3) is 0 Å². The number of hydrogen-bond acceptors (Lipinski definition) is 3. The summed E-state index contributed by atoms with van der Waals surface area (Å²) in [6, 6.07) is 0. The highest BCUT2D eigenvalue weighted by atomic mass is 19.1. The van der Waals surface area contributed by atoms with Crippen molar-refractivity contribution in [1.29, 1.82) is 0 Å². The Labute approximate surface area is 74.4 Å². The normalized spacial score (nSPS) is 12.8. The summed E-state index contributed by atoms with van der Waals surface area (Å²) in [5.41, 5.74) is 0.408. The number of hydrogen-bond donors (Lipinski definition) is 1. The zero-order chi connectivity index (χ0) is 10.0. The summed E-state index contributed by atoms with van der Waals surface area (Å²) in [6.07, 6.45) is 0. The maximum absolute atomic E-state index is 12.2. The van der Waals surface area contributed by atoms with Gasteiger partial charge >= 0.3 is 5.97 Å². The topological polar surface area (TPSA) is 63.3 Å². The van der Waals surface area contributed by atoms with Gasteiger partial charge in [0.1, 0.15) is 12.6 Å². The summed E-state index contributed by atoms with van der Waals surface area (Å²) in [5, 5.41) is 8.61. The van der Waals surface area contributed by atoms with Crippen molar-refractivity contribution in [3.63, 3.8) is 0 Å². The van der Waals surface area contributed by atoms with Gasteiger partial charge in [-0.05, 0) is 13.8 Å². The van der Waals surface area contributed by atoms with Crippen LogP contribution in [-0.4, -0.2) is 16.1 Å². The van der Waals surface area contributed by atoms with Gasteiger partial charge in [-0.25, -0.2) is 9.37 Å². The molecule has 0 aliphatic heterocycles. The summed E-state index contributed by atoms with van der Waals surface area (Å²) >= 11 is 0. The van der Waals surface area contributed by atoms with Crippen molar-refractivity contribution in [1.82, 2.24) is 4.98 Å². The van der Waals surface area contributed by atoms with Crippen LogP contribution in [0.4, 0.5) is 4.39 Å². The van der Waals surface area contributed by atoms with Crippen molar-refractivity contribution in [2.24, 2.45) is 0 Å². The SMILES string of the molecule is Cc1nc(C(C)C(=O)O)oc1CF. The summed E-state index contributed by atoms with van der Waals surface area (Å²) in [7, 11) is 0. The lowest BCUT2D eigenvalue weighted by molar-refractivity contribution is -0.138. The van der Waals surface area contributed by atoms with E-state index in [1.54, 1.807) is 6.92 Å². The zero-order valence-electron chi connectivity index (χ0n) is 7.37. The van der Waals surface area contributed by atoms with Crippen LogP contribution in [0.5, 0.6) is 0 Å². The quantitative estimate of drug-likeness (QED) is 0.781. The molecule has 0 saturated heterocycles. The number of aliphatic carboxylic acids is 1. The molecule has 0 saturated carbocycles. The van der Waals surface area contributed by atoms with Gasteiger partial charge in [-0.1, -0.05) is 0 Å². The first kappa shape index (κ1) is 9.70. The number of aryl methyl sites for hydroxylation is 1. The highest BCUT2D eigenvalue weighted by molar-refractivity contribution is 5.74. The van der Waals surface area contributed by atoms with Gasteiger partial charge in [0.05, 0.1) is 5.69 Å². The minimum Gasteiger partial charge on any atom is -0.481 e. The number of oxazole rings is 1. The number of aromatic nitrogens is 1. The summed E-state index contributed by atoms with van der Waals surface area (Å²) in [5.74, 6) is -1.72. The van der Waals surface area contributed by atoms with Gasteiger partial charge in [-0.3, -0.25) is 4.79 Å². The van der Waals surface area contributed by atoms with E-state index in [1.807, 2.05) is 0 Å². The Morgan fingerprint density at radius 1 is 1.77 bits per heavy atom. The van der Waals surface area contributed by atoms with Crippen molar-refractivity contribution in [2.45, 2.75) is 26.4 Å². The smallest absolute Gasteiger partial charge is 0.315 e. The molecule has 0 aromatic carbocycles. The van der Waals surface area contributed by atoms with Gasteiger partial charge in [-0.2, -0.15) is 0 Å². The second-order valence-corrected chi connectivity index (χ2v) is 2.75. The molecular formula is C8H10FNO3. The van der Waals surface area contributed by atoms with Crippen molar-refractivity contribution in [3.8, 4) is 0 Å². The average Bonchev–Trinajstić information content (AvgIpc) is 2.45. The third-order valence-electron chi connectivity index (χ3n) is 1.77. The van der Waals surface area contributed by atoms with Crippen LogP contribution in [-0.2, 0) is 11.5 Å². The van der Waals surface area contributed by atoms with E-state index in [0.717, 1.165) is 0 Å². The van der Waals surface area contributed by atoms with E-state index in [4.69, 9.17) is 9.52 Å². The molecule has 72 valence electrons. The Bertz CT molecular complexity index is 321. The monoisotopic (exact) mass is 187 g/mol. The van der Waals surface area contributed by atoms with Crippen molar-refractivity contribution >= 4 is 5.97 Å². The first-order valence-corrected chi connectivity index (χ1v) is 3.81. The maximum atomic E-state index is 12.2. The highest BCUT2D eigenvalue weighted by Crippen LogP contribution is 2.19. The van der Waals surface area contributed by atoms with Gasteiger partial charge in [-0.15, -0.1) is 0 Å². The molecule has 1 heterocycles. The third-order valence-corrected chi connectivity index (χ3v) is 1.77. The van der Waals surface area contributed by atoms with E-state index < -0.39 is 18.6 Å². The largest absolute Gasteiger partial charge is 0.481 e. The third kappa shape index (κ3) is 1.85. The van der Waals surface area contributed by atoms with E-state index in [0.29, 0.717) is 5.69 Å². The highest BCUT2D eigenvalue weighted by Gasteiger charge is 2.21. The second kappa shape index (κ2) is 3.55. The lowest BCUT2D eigenvalue weighted by atomic mass is 10.2.